The highest BCUT2D eigenvalue weighted by Crippen LogP contribution is 2.34. The molecule has 0 radical (unpaired) electrons. The van der Waals surface area contributed by atoms with E-state index >= 15 is 0 Å². The summed E-state index contributed by atoms with van der Waals surface area (Å²) in [6.45, 7) is 3.90. The van der Waals surface area contributed by atoms with Crippen LogP contribution >= 0.6 is 23.4 Å². The highest BCUT2D eigenvalue weighted by atomic mass is 35.5. The molecule has 1 amide bonds. The minimum atomic E-state index is -0.187. The number of methoxy groups -OCH3 is 2. The molecule has 1 aliphatic rings. The lowest BCUT2D eigenvalue weighted by atomic mass is 10.1. The largest absolute Gasteiger partial charge is 0.493 e. The minimum absolute atomic E-state index is 0.187. The van der Waals surface area contributed by atoms with Crippen molar-refractivity contribution in [1.29, 1.82) is 0 Å². The Morgan fingerprint density at radius 3 is 2.48 bits per heavy atom. The second-order valence-electron chi connectivity index (χ2n) is 5.98. The van der Waals surface area contributed by atoms with Gasteiger partial charge in [-0.05, 0) is 72.6 Å². The third-order valence-corrected chi connectivity index (χ3v) is 5.25. The molecule has 1 N–H and O–H groups in total. The van der Waals surface area contributed by atoms with E-state index in [4.69, 9.17) is 21.1 Å². The van der Waals surface area contributed by atoms with Crippen molar-refractivity contribution in [3.63, 3.8) is 0 Å². The summed E-state index contributed by atoms with van der Waals surface area (Å²) in [6, 6.07) is 9.22. The number of hydrogen-bond acceptors (Lipinski definition) is 5. The smallest absolute Gasteiger partial charge is 0.264 e. The van der Waals surface area contributed by atoms with Crippen LogP contribution in [0.25, 0.3) is 6.08 Å². The maximum atomic E-state index is 12.4. The molecule has 5 nitrogen and oxygen atoms in total. The highest BCUT2D eigenvalue weighted by Gasteiger charge is 2.24. The van der Waals surface area contributed by atoms with E-state index in [1.165, 1.54) is 11.8 Å². The van der Waals surface area contributed by atoms with Crippen LogP contribution < -0.4 is 14.8 Å². The average molecular weight is 403 g/mol. The molecule has 2 aromatic rings. The predicted molar refractivity (Wildman–Crippen MR) is 111 cm³/mol. The Balaban J connectivity index is 1.92. The molecule has 0 spiro atoms. The van der Waals surface area contributed by atoms with Crippen molar-refractivity contribution in [2.45, 2.75) is 13.8 Å². The Kier molecular flexibility index (Phi) is 5.77. The Morgan fingerprint density at radius 2 is 1.78 bits per heavy atom. The standard InChI is InChI=1S/C20H19ClN2O3S/c1-11-5-6-14(21)10-15(11)22-20-23-19(24)18(27-20)9-13-8-17(26-4)16(25-3)7-12(13)2/h5-10H,1-4H3,(H,22,23,24). The van der Waals surface area contributed by atoms with Crippen LogP contribution in [-0.2, 0) is 4.79 Å². The molecule has 3 rings (SSSR count). The summed E-state index contributed by atoms with van der Waals surface area (Å²) >= 11 is 7.33. The fourth-order valence-corrected chi connectivity index (χ4v) is 3.58. The summed E-state index contributed by atoms with van der Waals surface area (Å²) in [4.78, 5) is 17.4. The van der Waals surface area contributed by atoms with Gasteiger partial charge in [-0.1, -0.05) is 17.7 Å². The summed E-state index contributed by atoms with van der Waals surface area (Å²) in [5.74, 6) is 1.08. The van der Waals surface area contributed by atoms with Crippen molar-refractivity contribution in [1.82, 2.24) is 5.32 Å². The first kappa shape index (κ1) is 19.3. The van der Waals surface area contributed by atoms with Crippen LogP contribution in [-0.4, -0.2) is 25.3 Å². The Morgan fingerprint density at radius 1 is 1.07 bits per heavy atom. The van der Waals surface area contributed by atoms with Gasteiger partial charge < -0.3 is 14.8 Å². The molecule has 1 heterocycles. The van der Waals surface area contributed by atoms with Gasteiger partial charge in [0.25, 0.3) is 5.91 Å². The SMILES string of the molecule is COc1cc(C)c(C=C2SC(=Nc3cc(Cl)ccc3C)NC2=O)cc1OC. The number of aryl methyl sites for hydroxylation is 2. The van der Waals surface area contributed by atoms with Gasteiger partial charge in [-0.2, -0.15) is 0 Å². The Bertz CT molecular complexity index is 970. The number of benzene rings is 2. The fourth-order valence-electron chi connectivity index (χ4n) is 2.59. The number of nitrogens with one attached hydrogen (secondary N) is 1. The zero-order chi connectivity index (χ0) is 19.6. The molecule has 0 atom stereocenters. The van der Waals surface area contributed by atoms with E-state index in [0.717, 1.165) is 22.4 Å². The van der Waals surface area contributed by atoms with Crippen LogP contribution in [0.1, 0.15) is 16.7 Å². The third kappa shape index (κ3) is 4.28. The molecule has 0 saturated carbocycles. The first-order valence-corrected chi connectivity index (χ1v) is 9.39. The number of rotatable bonds is 4. The Hall–Kier alpha value is -2.44. The number of carbonyl (C=O) groups is 1. The van der Waals surface area contributed by atoms with Crippen molar-refractivity contribution in [3.05, 3.63) is 56.9 Å². The summed E-state index contributed by atoms with van der Waals surface area (Å²) in [5.41, 5.74) is 3.57. The van der Waals surface area contributed by atoms with Crippen LogP contribution in [0, 0.1) is 13.8 Å². The van der Waals surface area contributed by atoms with Crippen LogP contribution in [0.5, 0.6) is 11.5 Å². The highest BCUT2D eigenvalue weighted by molar-refractivity contribution is 8.18. The maximum absolute atomic E-state index is 12.4. The number of thioether (sulfide) groups is 1. The van der Waals surface area contributed by atoms with E-state index in [2.05, 4.69) is 10.3 Å². The maximum Gasteiger partial charge on any atom is 0.264 e. The molecule has 1 aliphatic heterocycles. The number of ether oxygens (including phenoxy) is 2. The number of halogens is 1. The molecule has 27 heavy (non-hydrogen) atoms. The number of hydrogen-bond donors (Lipinski definition) is 1. The van der Waals surface area contributed by atoms with Gasteiger partial charge in [-0.25, -0.2) is 4.99 Å². The van der Waals surface area contributed by atoms with Crippen LogP contribution in [0.2, 0.25) is 5.02 Å². The van der Waals surface area contributed by atoms with Gasteiger partial charge in [-0.15, -0.1) is 0 Å². The summed E-state index contributed by atoms with van der Waals surface area (Å²) < 4.78 is 10.7. The van der Waals surface area contributed by atoms with E-state index in [-0.39, 0.29) is 5.91 Å². The van der Waals surface area contributed by atoms with Gasteiger partial charge in [0.05, 0.1) is 24.8 Å². The van der Waals surface area contributed by atoms with E-state index < -0.39 is 0 Å². The third-order valence-electron chi connectivity index (χ3n) is 4.10. The van der Waals surface area contributed by atoms with E-state index in [0.29, 0.717) is 26.6 Å². The average Bonchev–Trinajstić information content (AvgIpc) is 2.98. The number of aliphatic imine (C=N–C) groups is 1. The van der Waals surface area contributed by atoms with Crippen LogP contribution in [0.15, 0.2) is 40.2 Å². The molecule has 2 aromatic carbocycles. The second-order valence-corrected chi connectivity index (χ2v) is 7.44. The van der Waals surface area contributed by atoms with Crippen molar-refractivity contribution < 1.29 is 14.3 Å². The zero-order valence-electron chi connectivity index (χ0n) is 15.4. The molecule has 0 bridgehead atoms. The molecule has 7 heteroatoms. The predicted octanol–water partition coefficient (Wildman–Crippen LogP) is 4.87. The first-order valence-electron chi connectivity index (χ1n) is 8.19. The van der Waals surface area contributed by atoms with E-state index in [1.807, 2.05) is 44.2 Å². The zero-order valence-corrected chi connectivity index (χ0v) is 17.0. The number of carbonyl (C=O) groups excluding carboxylic acids is 1. The monoisotopic (exact) mass is 402 g/mol. The molecule has 0 aromatic heterocycles. The topological polar surface area (TPSA) is 59.9 Å². The fraction of sp³-hybridized carbons (Fsp3) is 0.200. The quantitative estimate of drug-likeness (QED) is 0.741. The molecular weight excluding hydrogens is 384 g/mol. The number of nitrogens with zero attached hydrogens (tertiary/aromatic N) is 1. The van der Waals surface area contributed by atoms with Crippen LogP contribution in [0.4, 0.5) is 5.69 Å². The summed E-state index contributed by atoms with van der Waals surface area (Å²) in [6.07, 6.45) is 1.82. The van der Waals surface area contributed by atoms with Crippen molar-refractivity contribution in [2.24, 2.45) is 4.99 Å². The van der Waals surface area contributed by atoms with Crippen molar-refractivity contribution >= 4 is 46.2 Å². The van der Waals surface area contributed by atoms with Gasteiger partial charge in [0.15, 0.2) is 16.7 Å². The molecule has 1 fully saturated rings. The van der Waals surface area contributed by atoms with Crippen molar-refractivity contribution in [2.75, 3.05) is 14.2 Å². The Labute approximate surface area is 167 Å². The van der Waals surface area contributed by atoms with Gasteiger partial charge in [0, 0.05) is 5.02 Å². The van der Waals surface area contributed by atoms with Crippen LogP contribution in [0.3, 0.4) is 0 Å². The van der Waals surface area contributed by atoms with Gasteiger partial charge in [0.1, 0.15) is 0 Å². The summed E-state index contributed by atoms with van der Waals surface area (Å²) in [5, 5.41) is 3.92. The summed E-state index contributed by atoms with van der Waals surface area (Å²) in [7, 11) is 3.18. The molecule has 140 valence electrons. The first-order chi connectivity index (χ1) is 12.9. The number of amidine groups is 1. The van der Waals surface area contributed by atoms with Gasteiger partial charge in [-0.3, -0.25) is 4.79 Å². The van der Waals surface area contributed by atoms with Gasteiger partial charge >= 0.3 is 0 Å². The second kappa shape index (κ2) is 8.06. The van der Waals surface area contributed by atoms with E-state index in [1.54, 1.807) is 20.3 Å². The lowest BCUT2D eigenvalue weighted by molar-refractivity contribution is -0.115. The molecule has 1 saturated heterocycles. The molecular formula is C20H19ClN2O3S. The minimum Gasteiger partial charge on any atom is -0.493 e. The number of amides is 1. The molecule has 0 unspecified atom stereocenters. The van der Waals surface area contributed by atoms with E-state index in [9.17, 15) is 4.79 Å². The van der Waals surface area contributed by atoms with Crippen molar-refractivity contribution in [3.8, 4) is 11.5 Å². The molecule has 0 aliphatic carbocycles. The van der Waals surface area contributed by atoms with Gasteiger partial charge in [0.2, 0.25) is 0 Å². The lowest BCUT2D eigenvalue weighted by Gasteiger charge is -2.10. The normalized spacial score (nSPS) is 16.7. The lowest BCUT2D eigenvalue weighted by Crippen LogP contribution is -2.19.